The minimum absolute atomic E-state index is 0.169. The third kappa shape index (κ3) is 3.35. The molecule has 0 radical (unpaired) electrons. The number of carbonyl (C=O) groups excluding carboxylic acids is 2. The first-order valence-electron chi connectivity index (χ1n) is 9.65. The highest BCUT2D eigenvalue weighted by molar-refractivity contribution is 9.10. The first-order valence-corrected chi connectivity index (χ1v) is 12.1. The van der Waals surface area contributed by atoms with E-state index < -0.39 is 11.2 Å². The second kappa shape index (κ2) is 7.65. The van der Waals surface area contributed by atoms with Crippen molar-refractivity contribution in [3.05, 3.63) is 73.1 Å². The summed E-state index contributed by atoms with van der Waals surface area (Å²) in [6.07, 6.45) is 0. The van der Waals surface area contributed by atoms with Crippen molar-refractivity contribution < 1.29 is 9.59 Å². The van der Waals surface area contributed by atoms with E-state index in [2.05, 4.69) is 20.9 Å². The van der Waals surface area contributed by atoms with Gasteiger partial charge in [0, 0.05) is 35.1 Å². The molecule has 1 fully saturated rings. The van der Waals surface area contributed by atoms with Crippen molar-refractivity contribution in [1.82, 2.24) is 4.98 Å². The number of anilines is 2. The number of halogens is 1. The molecule has 2 aromatic carbocycles. The lowest BCUT2D eigenvalue weighted by molar-refractivity contribution is -0.122. The number of aromatic amines is 1. The Bertz CT molecular complexity index is 1230. The highest BCUT2D eigenvalue weighted by Gasteiger charge is 2.56. The minimum atomic E-state index is -0.576. The molecular formula is C22H18BrN3O3S2. The van der Waals surface area contributed by atoms with Crippen molar-refractivity contribution in [3.8, 4) is 0 Å². The van der Waals surface area contributed by atoms with Gasteiger partial charge in [-0.15, -0.1) is 0 Å². The molecule has 9 heteroatoms. The van der Waals surface area contributed by atoms with Crippen LogP contribution in [0.3, 0.4) is 0 Å². The van der Waals surface area contributed by atoms with Gasteiger partial charge in [-0.1, -0.05) is 51.2 Å². The number of aromatic nitrogens is 1. The molecule has 1 saturated heterocycles. The fourth-order valence-electron chi connectivity index (χ4n) is 4.20. The van der Waals surface area contributed by atoms with Crippen LogP contribution < -0.4 is 14.7 Å². The standard InChI is InChI=1S/C22H18BrN3O3S2/c1-25(2)13-7-3-11(4-8-13)15-16-18(30-19-17(15)31-22(29)24-19)21(28)26(20(16)27)14-9-5-12(23)6-10-14/h3-10,15-16,18H,1-2H3,(H,24,29). The molecule has 2 aliphatic heterocycles. The Labute approximate surface area is 195 Å². The number of amides is 2. The Morgan fingerprint density at radius 2 is 1.65 bits per heavy atom. The maximum absolute atomic E-state index is 13.6. The number of thiazole rings is 1. The monoisotopic (exact) mass is 515 g/mol. The van der Waals surface area contributed by atoms with Gasteiger partial charge in [-0.2, -0.15) is 0 Å². The minimum Gasteiger partial charge on any atom is -0.378 e. The average Bonchev–Trinajstić information content (AvgIpc) is 3.24. The maximum atomic E-state index is 13.6. The van der Waals surface area contributed by atoms with Crippen LogP contribution in [-0.4, -0.2) is 36.1 Å². The third-order valence-electron chi connectivity index (χ3n) is 5.68. The molecule has 3 atom stereocenters. The van der Waals surface area contributed by atoms with Crippen molar-refractivity contribution in [1.29, 1.82) is 0 Å². The summed E-state index contributed by atoms with van der Waals surface area (Å²) in [4.78, 5) is 45.9. The van der Waals surface area contributed by atoms with Gasteiger partial charge in [0.25, 0.3) is 0 Å². The zero-order valence-electron chi connectivity index (χ0n) is 16.7. The first-order chi connectivity index (χ1) is 14.8. The quantitative estimate of drug-likeness (QED) is 0.532. The van der Waals surface area contributed by atoms with Crippen molar-refractivity contribution in [3.63, 3.8) is 0 Å². The highest BCUT2D eigenvalue weighted by atomic mass is 79.9. The number of H-pyrrole nitrogens is 1. The number of hydrogen-bond acceptors (Lipinski definition) is 6. The third-order valence-corrected chi connectivity index (χ3v) is 8.61. The second-order valence-corrected chi connectivity index (χ2v) is 10.8. The van der Waals surface area contributed by atoms with Crippen molar-refractivity contribution in [2.45, 2.75) is 16.2 Å². The molecule has 2 amide bonds. The van der Waals surface area contributed by atoms with E-state index in [9.17, 15) is 14.4 Å². The summed E-state index contributed by atoms with van der Waals surface area (Å²) in [6.45, 7) is 0. The van der Waals surface area contributed by atoms with Gasteiger partial charge in [-0.25, -0.2) is 4.90 Å². The van der Waals surface area contributed by atoms with Crippen LogP contribution in [0.25, 0.3) is 0 Å². The van der Waals surface area contributed by atoms with Gasteiger partial charge in [-0.05, 0) is 42.0 Å². The van der Waals surface area contributed by atoms with Crippen LogP contribution in [-0.2, 0) is 9.59 Å². The summed E-state index contributed by atoms with van der Waals surface area (Å²) in [5, 5.41) is 0.115. The lowest BCUT2D eigenvalue weighted by atomic mass is 9.83. The molecule has 6 nitrogen and oxygen atoms in total. The van der Waals surface area contributed by atoms with E-state index in [1.54, 1.807) is 12.1 Å². The molecule has 0 spiro atoms. The average molecular weight is 516 g/mol. The molecule has 0 aliphatic carbocycles. The lowest BCUT2D eigenvalue weighted by Gasteiger charge is -2.30. The predicted molar refractivity (Wildman–Crippen MR) is 127 cm³/mol. The van der Waals surface area contributed by atoms with Crippen molar-refractivity contribution >= 4 is 62.2 Å². The van der Waals surface area contributed by atoms with Crippen LogP contribution in [0.15, 0.2) is 62.8 Å². The van der Waals surface area contributed by atoms with Crippen LogP contribution in [0.5, 0.6) is 0 Å². The number of nitrogens with zero attached hydrogens (tertiary/aromatic N) is 2. The Morgan fingerprint density at radius 1 is 0.968 bits per heavy atom. The van der Waals surface area contributed by atoms with Crippen LogP contribution >= 0.6 is 39.0 Å². The lowest BCUT2D eigenvalue weighted by Crippen LogP contribution is -2.32. The second-order valence-electron chi connectivity index (χ2n) is 7.72. The van der Waals surface area contributed by atoms with Crippen LogP contribution in [0, 0.1) is 5.92 Å². The number of nitrogens with one attached hydrogen (secondary N) is 1. The number of imide groups is 1. The fourth-order valence-corrected chi connectivity index (χ4v) is 6.98. The van der Waals surface area contributed by atoms with Gasteiger partial charge < -0.3 is 9.88 Å². The van der Waals surface area contributed by atoms with Gasteiger partial charge in [0.15, 0.2) is 0 Å². The highest BCUT2D eigenvalue weighted by Crippen LogP contribution is 2.53. The number of fused-ring (bicyclic) bond motifs is 2. The number of benzene rings is 2. The summed E-state index contributed by atoms with van der Waals surface area (Å²) in [5.74, 6) is -1.38. The van der Waals surface area contributed by atoms with Crippen LogP contribution in [0.4, 0.5) is 11.4 Å². The van der Waals surface area contributed by atoms with Gasteiger partial charge in [0.2, 0.25) is 11.8 Å². The number of carbonyl (C=O) groups is 2. The van der Waals surface area contributed by atoms with Crippen LogP contribution in [0.1, 0.15) is 16.4 Å². The summed E-state index contributed by atoms with van der Waals surface area (Å²) >= 11 is 5.81. The van der Waals surface area contributed by atoms with E-state index in [4.69, 9.17) is 0 Å². The molecule has 3 aromatic rings. The molecule has 5 rings (SSSR count). The summed E-state index contributed by atoms with van der Waals surface area (Å²) in [7, 11) is 3.93. The zero-order valence-corrected chi connectivity index (χ0v) is 19.9. The molecule has 3 unspecified atom stereocenters. The van der Waals surface area contributed by atoms with E-state index in [1.165, 1.54) is 16.7 Å². The Balaban J connectivity index is 1.62. The SMILES string of the molecule is CN(C)c1ccc(C2c3sc(=O)[nH]c3SC3C(=O)N(c4ccc(Br)cc4)C(=O)C32)cc1. The predicted octanol–water partition coefficient (Wildman–Crippen LogP) is 4.06. The molecule has 1 aromatic heterocycles. The van der Waals surface area contributed by atoms with E-state index in [0.717, 1.165) is 31.9 Å². The molecule has 158 valence electrons. The smallest absolute Gasteiger partial charge is 0.305 e. The number of rotatable bonds is 3. The number of thioether (sulfide) groups is 1. The van der Waals surface area contributed by atoms with E-state index in [-0.39, 0.29) is 22.6 Å². The Morgan fingerprint density at radius 3 is 2.29 bits per heavy atom. The van der Waals surface area contributed by atoms with Gasteiger partial charge in [-0.3, -0.25) is 14.4 Å². The topological polar surface area (TPSA) is 73.5 Å². The molecule has 3 heterocycles. The summed E-state index contributed by atoms with van der Waals surface area (Å²) in [6, 6.07) is 15.1. The van der Waals surface area contributed by atoms with E-state index in [0.29, 0.717) is 10.7 Å². The number of hydrogen-bond donors (Lipinski definition) is 1. The van der Waals surface area contributed by atoms with Gasteiger partial charge in [0.1, 0.15) is 5.25 Å². The van der Waals surface area contributed by atoms with Gasteiger partial charge in [0.05, 0.1) is 16.6 Å². The normalized spacial score (nSPS) is 22.4. The first kappa shape index (κ1) is 20.5. The van der Waals surface area contributed by atoms with E-state index >= 15 is 0 Å². The van der Waals surface area contributed by atoms with Gasteiger partial charge >= 0.3 is 4.87 Å². The maximum Gasteiger partial charge on any atom is 0.305 e. The molecule has 1 N–H and O–H groups in total. The molecule has 2 aliphatic rings. The zero-order chi connectivity index (χ0) is 21.9. The Kier molecular flexibility index (Phi) is 5.07. The van der Waals surface area contributed by atoms with E-state index in [1.807, 2.05) is 55.4 Å². The molecular weight excluding hydrogens is 498 g/mol. The molecule has 0 bridgehead atoms. The fraction of sp³-hybridized carbons (Fsp3) is 0.227. The molecule has 0 saturated carbocycles. The van der Waals surface area contributed by atoms with Crippen LogP contribution in [0.2, 0.25) is 0 Å². The van der Waals surface area contributed by atoms with Crippen molar-refractivity contribution in [2.75, 3.05) is 23.9 Å². The summed E-state index contributed by atoms with van der Waals surface area (Å²) < 4.78 is 0.876. The largest absolute Gasteiger partial charge is 0.378 e. The summed E-state index contributed by atoms with van der Waals surface area (Å²) in [5.41, 5.74) is 2.53. The molecule has 31 heavy (non-hydrogen) atoms. The van der Waals surface area contributed by atoms with Crippen molar-refractivity contribution in [2.24, 2.45) is 5.92 Å². The Hall–Kier alpha value is -2.36.